The van der Waals surface area contributed by atoms with Crippen LogP contribution in [-0.2, 0) is 11.3 Å². The lowest BCUT2D eigenvalue weighted by Gasteiger charge is -2.25. The second-order valence-corrected chi connectivity index (χ2v) is 6.16. The van der Waals surface area contributed by atoms with Gasteiger partial charge in [-0.25, -0.2) is 0 Å². The largest absolute Gasteiger partial charge is 0.383 e. The summed E-state index contributed by atoms with van der Waals surface area (Å²) >= 11 is 0. The predicted octanol–water partition coefficient (Wildman–Crippen LogP) is 2.80. The van der Waals surface area contributed by atoms with Crippen molar-refractivity contribution >= 4 is 5.69 Å². The molecule has 0 unspecified atom stereocenters. The molecule has 0 radical (unpaired) electrons. The van der Waals surface area contributed by atoms with Crippen LogP contribution in [-0.4, -0.2) is 32.8 Å². The van der Waals surface area contributed by atoms with Gasteiger partial charge in [0.2, 0.25) is 0 Å². The summed E-state index contributed by atoms with van der Waals surface area (Å²) in [7, 11) is 1.74. The van der Waals surface area contributed by atoms with E-state index < -0.39 is 0 Å². The second kappa shape index (κ2) is 6.59. The lowest BCUT2D eigenvalue weighted by Crippen LogP contribution is -2.28. The molecule has 0 heterocycles. The van der Waals surface area contributed by atoms with Crippen LogP contribution in [0.25, 0.3) is 0 Å². The van der Waals surface area contributed by atoms with E-state index >= 15 is 0 Å². The highest BCUT2D eigenvalue weighted by atomic mass is 16.5. The maximum atomic E-state index is 5.04. The predicted molar refractivity (Wildman–Crippen MR) is 83.1 cm³/mol. The van der Waals surface area contributed by atoms with Gasteiger partial charge in [0.1, 0.15) is 0 Å². The second-order valence-electron chi connectivity index (χ2n) is 6.16. The first-order valence-electron chi connectivity index (χ1n) is 7.92. The van der Waals surface area contributed by atoms with Crippen LogP contribution in [0, 0.1) is 5.92 Å². The maximum Gasteiger partial charge on any atom is 0.0587 e. The first-order valence-corrected chi connectivity index (χ1v) is 7.92. The zero-order chi connectivity index (χ0) is 13.8. The third-order valence-corrected chi connectivity index (χ3v) is 4.22. The van der Waals surface area contributed by atoms with Gasteiger partial charge in [0.05, 0.1) is 6.61 Å². The van der Waals surface area contributed by atoms with Crippen molar-refractivity contribution in [1.82, 2.24) is 5.32 Å². The average molecular weight is 274 g/mol. The van der Waals surface area contributed by atoms with E-state index in [1.54, 1.807) is 7.11 Å². The van der Waals surface area contributed by atoms with Crippen LogP contribution in [0.4, 0.5) is 5.69 Å². The molecule has 1 aromatic carbocycles. The van der Waals surface area contributed by atoms with Crippen molar-refractivity contribution in [3.05, 3.63) is 29.8 Å². The van der Waals surface area contributed by atoms with Crippen molar-refractivity contribution in [2.45, 2.75) is 38.3 Å². The summed E-state index contributed by atoms with van der Waals surface area (Å²) in [5.74, 6) is 0.964. The Balaban J connectivity index is 1.53. The first kappa shape index (κ1) is 13.9. The zero-order valence-electron chi connectivity index (χ0n) is 12.5. The average Bonchev–Trinajstić information content (AvgIpc) is 3.36. The van der Waals surface area contributed by atoms with Crippen molar-refractivity contribution in [1.29, 1.82) is 0 Å². The Hall–Kier alpha value is -1.06. The quantitative estimate of drug-likeness (QED) is 0.701. The number of hydrogen-bond donors (Lipinski definition) is 1. The molecule has 0 bridgehead atoms. The molecule has 0 aromatic heterocycles. The van der Waals surface area contributed by atoms with Gasteiger partial charge in [0, 0.05) is 38.5 Å². The van der Waals surface area contributed by atoms with E-state index in [2.05, 4.69) is 34.5 Å². The van der Waals surface area contributed by atoms with Crippen molar-refractivity contribution in [3.8, 4) is 0 Å². The Labute approximate surface area is 122 Å². The van der Waals surface area contributed by atoms with Crippen molar-refractivity contribution in [3.63, 3.8) is 0 Å². The lowest BCUT2D eigenvalue weighted by atomic mass is 10.2. The number of nitrogens with one attached hydrogen (secondary N) is 1. The van der Waals surface area contributed by atoms with Gasteiger partial charge < -0.3 is 15.0 Å². The fourth-order valence-corrected chi connectivity index (χ4v) is 2.64. The molecule has 0 amide bonds. The third-order valence-electron chi connectivity index (χ3n) is 4.22. The number of methoxy groups -OCH3 is 1. The van der Waals surface area contributed by atoms with E-state index in [0.29, 0.717) is 0 Å². The molecule has 2 aliphatic carbocycles. The standard InChI is InChI=1S/C17H26N2O/c1-20-11-10-18-12-14-4-6-16(7-5-14)19(17-8-9-17)13-15-2-3-15/h4-7,15,17-18H,2-3,8-13H2,1H3. The fourth-order valence-electron chi connectivity index (χ4n) is 2.64. The van der Waals surface area contributed by atoms with E-state index in [1.165, 1.54) is 43.5 Å². The SMILES string of the molecule is COCCNCc1ccc(N(CC2CC2)C2CC2)cc1. The minimum Gasteiger partial charge on any atom is -0.383 e. The van der Waals surface area contributed by atoms with Gasteiger partial charge in [-0.3, -0.25) is 0 Å². The Kier molecular flexibility index (Phi) is 4.58. The summed E-state index contributed by atoms with van der Waals surface area (Å²) in [6.45, 7) is 3.88. The molecule has 0 aliphatic heterocycles. The molecule has 0 spiro atoms. The summed E-state index contributed by atoms with van der Waals surface area (Å²) in [4.78, 5) is 2.64. The zero-order valence-corrected chi connectivity index (χ0v) is 12.5. The molecular formula is C17H26N2O. The highest BCUT2D eigenvalue weighted by Gasteiger charge is 2.33. The molecule has 3 rings (SSSR count). The van der Waals surface area contributed by atoms with Gasteiger partial charge in [-0.05, 0) is 49.3 Å². The Bertz CT molecular complexity index is 410. The number of rotatable bonds is 9. The number of benzene rings is 1. The van der Waals surface area contributed by atoms with Crippen molar-refractivity contribution < 1.29 is 4.74 Å². The van der Waals surface area contributed by atoms with Crippen LogP contribution >= 0.6 is 0 Å². The smallest absolute Gasteiger partial charge is 0.0587 e. The topological polar surface area (TPSA) is 24.5 Å². The molecule has 0 atom stereocenters. The summed E-state index contributed by atoms with van der Waals surface area (Å²) in [5.41, 5.74) is 2.77. The Morgan fingerprint density at radius 1 is 1.15 bits per heavy atom. The van der Waals surface area contributed by atoms with Crippen LogP contribution in [0.2, 0.25) is 0 Å². The fraction of sp³-hybridized carbons (Fsp3) is 0.647. The number of ether oxygens (including phenoxy) is 1. The molecule has 1 N–H and O–H groups in total. The van der Waals surface area contributed by atoms with E-state index in [4.69, 9.17) is 4.74 Å². The van der Waals surface area contributed by atoms with Gasteiger partial charge in [-0.15, -0.1) is 0 Å². The van der Waals surface area contributed by atoms with Crippen LogP contribution in [0.15, 0.2) is 24.3 Å². The molecule has 110 valence electrons. The van der Waals surface area contributed by atoms with Crippen LogP contribution in [0.5, 0.6) is 0 Å². The number of hydrogen-bond acceptors (Lipinski definition) is 3. The van der Waals surface area contributed by atoms with Crippen LogP contribution in [0.3, 0.4) is 0 Å². The van der Waals surface area contributed by atoms with E-state index in [9.17, 15) is 0 Å². The molecule has 1 aromatic rings. The molecular weight excluding hydrogens is 248 g/mol. The minimum absolute atomic E-state index is 0.773. The van der Waals surface area contributed by atoms with E-state index in [1.807, 2.05) is 0 Å². The highest BCUT2D eigenvalue weighted by molar-refractivity contribution is 5.50. The summed E-state index contributed by atoms with van der Waals surface area (Å²) < 4.78 is 5.04. The summed E-state index contributed by atoms with van der Waals surface area (Å²) in [6, 6.07) is 9.94. The first-order chi connectivity index (χ1) is 9.86. The van der Waals surface area contributed by atoms with Gasteiger partial charge in [0.15, 0.2) is 0 Å². The molecule has 2 saturated carbocycles. The third kappa shape index (κ3) is 3.97. The molecule has 3 nitrogen and oxygen atoms in total. The molecule has 2 aliphatic rings. The summed E-state index contributed by atoms with van der Waals surface area (Å²) in [5, 5.41) is 3.39. The van der Waals surface area contributed by atoms with Gasteiger partial charge in [-0.2, -0.15) is 0 Å². The van der Waals surface area contributed by atoms with Gasteiger partial charge >= 0.3 is 0 Å². The van der Waals surface area contributed by atoms with Gasteiger partial charge in [0.25, 0.3) is 0 Å². The number of nitrogens with zero attached hydrogens (tertiary/aromatic N) is 1. The molecule has 3 heteroatoms. The van der Waals surface area contributed by atoms with Crippen molar-refractivity contribution in [2.24, 2.45) is 5.92 Å². The van der Waals surface area contributed by atoms with E-state index in [0.717, 1.165) is 31.7 Å². The Morgan fingerprint density at radius 3 is 2.50 bits per heavy atom. The van der Waals surface area contributed by atoms with Gasteiger partial charge in [-0.1, -0.05) is 12.1 Å². The van der Waals surface area contributed by atoms with E-state index in [-0.39, 0.29) is 0 Å². The maximum absolute atomic E-state index is 5.04. The van der Waals surface area contributed by atoms with Crippen molar-refractivity contribution in [2.75, 3.05) is 31.7 Å². The Morgan fingerprint density at radius 2 is 1.90 bits per heavy atom. The number of anilines is 1. The van der Waals surface area contributed by atoms with Crippen LogP contribution < -0.4 is 10.2 Å². The normalized spacial score (nSPS) is 18.2. The minimum atomic E-state index is 0.773. The monoisotopic (exact) mass is 274 g/mol. The lowest BCUT2D eigenvalue weighted by molar-refractivity contribution is 0.199. The summed E-state index contributed by atoms with van der Waals surface area (Å²) in [6.07, 6.45) is 5.63. The molecule has 0 saturated heterocycles. The van der Waals surface area contributed by atoms with Crippen LogP contribution in [0.1, 0.15) is 31.2 Å². The molecule has 20 heavy (non-hydrogen) atoms. The molecule has 2 fully saturated rings. The highest BCUT2D eigenvalue weighted by Crippen LogP contribution is 2.37.